The minimum Gasteiger partial charge on any atom is -0.320 e. The number of nitrogens with zero attached hydrogens (tertiary/aromatic N) is 3. The first-order valence-electron chi connectivity index (χ1n) is 11.6. The zero-order valence-electron chi connectivity index (χ0n) is 21.0. The molecule has 0 saturated heterocycles. The van der Waals surface area contributed by atoms with E-state index in [9.17, 15) is 0 Å². The molecule has 28 heavy (non-hydrogen) atoms. The lowest BCUT2D eigenvalue weighted by Gasteiger charge is -2.17. The number of hydrogen-bond acceptors (Lipinski definition) is 6. The lowest BCUT2D eigenvalue weighted by atomic mass is 10.3. The van der Waals surface area contributed by atoms with Gasteiger partial charge in [-0.05, 0) is 99.9 Å². The highest BCUT2D eigenvalue weighted by Gasteiger charge is 1.96. The fraction of sp³-hybridized carbons (Fsp3) is 1.00. The van der Waals surface area contributed by atoms with Gasteiger partial charge in [0.05, 0.1) is 0 Å². The van der Waals surface area contributed by atoms with E-state index in [1.807, 2.05) is 14.1 Å². The van der Waals surface area contributed by atoms with E-state index in [-0.39, 0.29) is 0 Å². The summed E-state index contributed by atoms with van der Waals surface area (Å²) in [6.07, 6.45) is 2.52. The van der Waals surface area contributed by atoms with E-state index in [0.717, 1.165) is 45.8 Å². The fourth-order valence-corrected chi connectivity index (χ4v) is 2.29. The molecule has 0 saturated carbocycles. The summed E-state index contributed by atoms with van der Waals surface area (Å²) in [6, 6.07) is 0. The minimum absolute atomic E-state index is 1.09. The van der Waals surface area contributed by atoms with E-state index in [4.69, 9.17) is 0 Å². The van der Waals surface area contributed by atoms with Crippen LogP contribution in [0.4, 0.5) is 0 Å². The lowest BCUT2D eigenvalue weighted by Crippen LogP contribution is -2.27. The Morgan fingerprint density at radius 3 is 1.50 bits per heavy atom. The smallest absolute Gasteiger partial charge is 0.0104 e. The molecule has 0 radical (unpaired) electrons. The number of rotatable bonds is 16. The van der Waals surface area contributed by atoms with Crippen molar-refractivity contribution in [3.8, 4) is 0 Å². The van der Waals surface area contributed by atoms with Crippen LogP contribution in [-0.2, 0) is 0 Å². The van der Waals surface area contributed by atoms with Crippen LogP contribution in [0.2, 0.25) is 0 Å². The maximum atomic E-state index is 3.33. The van der Waals surface area contributed by atoms with Crippen LogP contribution in [-0.4, -0.2) is 115 Å². The monoisotopic (exact) mass is 404 g/mol. The zero-order chi connectivity index (χ0) is 22.0. The standard InChI is InChI=1S/C9H22N2.C7H18N2.C6H16N2/c1-4-10-8-7-9-11(5-2)6-3;1-4-9(3)7-5-6-8-2;1-4-8(3)6-5-7-2/h10H,4-9H2,1-3H3;8H,4-7H2,1-3H3;7H,4-6H2,1-3H3. The third-order valence-electron chi connectivity index (χ3n) is 4.76. The Labute approximate surface area is 178 Å². The second kappa shape index (κ2) is 29.0. The van der Waals surface area contributed by atoms with E-state index in [1.165, 1.54) is 39.0 Å². The molecule has 0 heterocycles. The van der Waals surface area contributed by atoms with Crippen molar-refractivity contribution >= 4 is 0 Å². The average molecular weight is 405 g/mol. The Bertz CT molecular complexity index is 249. The van der Waals surface area contributed by atoms with Crippen LogP contribution >= 0.6 is 0 Å². The van der Waals surface area contributed by atoms with Crippen LogP contribution in [0, 0.1) is 0 Å². The van der Waals surface area contributed by atoms with Crippen molar-refractivity contribution in [1.29, 1.82) is 0 Å². The van der Waals surface area contributed by atoms with Crippen molar-refractivity contribution in [1.82, 2.24) is 30.7 Å². The summed E-state index contributed by atoms with van der Waals surface area (Å²) in [7, 11) is 8.24. The average Bonchev–Trinajstić information content (AvgIpc) is 2.73. The van der Waals surface area contributed by atoms with Crippen molar-refractivity contribution in [2.75, 3.05) is 100 Å². The summed E-state index contributed by atoms with van der Waals surface area (Å²) in [5.41, 5.74) is 0. The summed E-state index contributed by atoms with van der Waals surface area (Å²) < 4.78 is 0. The largest absolute Gasteiger partial charge is 0.320 e. The molecule has 0 rings (SSSR count). The quantitative estimate of drug-likeness (QED) is 0.342. The van der Waals surface area contributed by atoms with Gasteiger partial charge in [0.2, 0.25) is 0 Å². The van der Waals surface area contributed by atoms with Gasteiger partial charge in [0.25, 0.3) is 0 Å². The van der Waals surface area contributed by atoms with Gasteiger partial charge in [-0.3, -0.25) is 0 Å². The van der Waals surface area contributed by atoms with Crippen LogP contribution in [0.25, 0.3) is 0 Å². The Hall–Kier alpha value is -0.240. The van der Waals surface area contributed by atoms with Crippen molar-refractivity contribution in [2.24, 2.45) is 0 Å². The molecular weight excluding hydrogens is 348 g/mol. The van der Waals surface area contributed by atoms with E-state index < -0.39 is 0 Å². The highest BCUT2D eigenvalue weighted by atomic mass is 15.1. The van der Waals surface area contributed by atoms with Gasteiger partial charge in [-0.25, -0.2) is 0 Å². The second-order valence-electron chi connectivity index (χ2n) is 7.09. The number of likely N-dealkylation sites (N-methyl/N-ethyl adjacent to an activating group) is 2. The Morgan fingerprint density at radius 2 is 1.07 bits per heavy atom. The summed E-state index contributed by atoms with van der Waals surface area (Å²) >= 11 is 0. The first kappa shape index (κ1) is 32.4. The Morgan fingerprint density at radius 1 is 0.571 bits per heavy atom. The first-order valence-corrected chi connectivity index (χ1v) is 11.6. The van der Waals surface area contributed by atoms with E-state index in [0.29, 0.717) is 0 Å². The third kappa shape index (κ3) is 30.5. The highest BCUT2D eigenvalue weighted by Crippen LogP contribution is 1.88. The molecular formula is C22H56N6. The van der Waals surface area contributed by atoms with Crippen LogP contribution in [0.5, 0.6) is 0 Å². The maximum absolute atomic E-state index is 3.33. The second-order valence-corrected chi connectivity index (χ2v) is 7.09. The molecule has 0 bridgehead atoms. The highest BCUT2D eigenvalue weighted by molar-refractivity contribution is 4.53. The first-order chi connectivity index (χ1) is 13.5. The van der Waals surface area contributed by atoms with Crippen molar-refractivity contribution in [3.63, 3.8) is 0 Å². The predicted molar refractivity (Wildman–Crippen MR) is 130 cm³/mol. The number of nitrogens with one attached hydrogen (secondary N) is 3. The molecule has 0 unspecified atom stereocenters. The van der Waals surface area contributed by atoms with Gasteiger partial charge in [-0.2, -0.15) is 0 Å². The molecule has 0 atom stereocenters. The molecule has 0 aliphatic heterocycles. The van der Waals surface area contributed by atoms with Crippen molar-refractivity contribution in [3.05, 3.63) is 0 Å². The minimum atomic E-state index is 1.09. The van der Waals surface area contributed by atoms with Gasteiger partial charge in [-0.1, -0.05) is 34.6 Å². The molecule has 0 spiro atoms. The van der Waals surface area contributed by atoms with E-state index in [2.05, 4.69) is 79.4 Å². The summed E-state index contributed by atoms with van der Waals surface area (Å²) in [6.45, 7) is 23.7. The molecule has 6 heteroatoms. The Kier molecular flexibility index (Phi) is 33.5. The van der Waals surface area contributed by atoms with Gasteiger partial charge < -0.3 is 30.7 Å². The van der Waals surface area contributed by atoms with E-state index in [1.54, 1.807) is 0 Å². The molecule has 3 N–H and O–H groups in total. The topological polar surface area (TPSA) is 45.8 Å². The van der Waals surface area contributed by atoms with Gasteiger partial charge in [0.1, 0.15) is 0 Å². The molecule has 0 aromatic carbocycles. The summed E-state index contributed by atoms with van der Waals surface area (Å²) in [5, 5.41) is 9.54. The van der Waals surface area contributed by atoms with Gasteiger partial charge in [0.15, 0.2) is 0 Å². The molecule has 0 aromatic rings. The normalized spacial score (nSPS) is 10.7. The fourth-order valence-electron chi connectivity index (χ4n) is 2.29. The Balaban J connectivity index is -0.000000340. The zero-order valence-corrected chi connectivity index (χ0v) is 21.0. The number of hydrogen-bond donors (Lipinski definition) is 3. The SMILES string of the molecule is CCN(C)CCCNC.CCN(C)CCNC.CCNCCCN(CC)CC. The van der Waals surface area contributed by atoms with Crippen LogP contribution in [0.1, 0.15) is 47.5 Å². The molecule has 0 amide bonds. The van der Waals surface area contributed by atoms with Crippen LogP contribution in [0.15, 0.2) is 0 Å². The summed E-state index contributed by atoms with van der Waals surface area (Å²) in [5.74, 6) is 0. The third-order valence-corrected chi connectivity index (χ3v) is 4.76. The summed E-state index contributed by atoms with van der Waals surface area (Å²) in [4.78, 5) is 7.05. The van der Waals surface area contributed by atoms with E-state index >= 15 is 0 Å². The van der Waals surface area contributed by atoms with Gasteiger partial charge >= 0.3 is 0 Å². The van der Waals surface area contributed by atoms with Crippen LogP contribution < -0.4 is 16.0 Å². The molecule has 6 nitrogen and oxygen atoms in total. The molecule has 0 aliphatic rings. The maximum Gasteiger partial charge on any atom is 0.0104 e. The van der Waals surface area contributed by atoms with Crippen molar-refractivity contribution in [2.45, 2.75) is 47.5 Å². The predicted octanol–water partition coefficient (Wildman–Crippen LogP) is 2.03. The molecule has 0 aliphatic carbocycles. The van der Waals surface area contributed by atoms with Crippen molar-refractivity contribution < 1.29 is 0 Å². The molecule has 0 fully saturated rings. The van der Waals surface area contributed by atoms with Crippen LogP contribution in [0.3, 0.4) is 0 Å². The molecule has 0 aromatic heterocycles. The lowest BCUT2D eigenvalue weighted by molar-refractivity contribution is 0.298. The molecule has 174 valence electrons. The van der Waals surface area contributed by atoms with Gasteiger partial charge in [-0.15, -0.1) is 0 Å². The van der Waals surface area contributed by atoms with Gasteiger partial charge in [0, 0.05) is 13.1 Å².